The molecule has 4 rings (SSSR count). The zero-order valence-corrected chi connectivity index (χ0v) is 19.5. The zero-order chi connectivity index (χ0) is 27.6. The monoisotopic (exact) mass is 528 g/mol. The number of aliphatic hydroxyl groups is 3. The molecule has 7 N–H and O–H groups in total. The second-order valence-electron chi connectivity index (χ2n) is 8.50. The second kappa shape index (κ2) is 10.9. The first kappa shape index (κ1) is 26.7. The minimum Gasteiger partial charge on any atom is -0.508 e. The quantitative estimate of drug-likeness (QED) is 0.168. The van der Waals surface area contributed by atoms with Crippen molar-refractivity contribution in [3.63, 3.8) is 0 Å². The molecule has 0 bridgehead atoms. The number of carbonyl (C=O) groups excluding carboxylic acids is 2. The maximum Gasteiger partial charge on any atom is 0.338 e. The van der Waals surface area contributed by atoms with E-state index >= 15 is 0 Å². The average Bonchev–Trinajstić information content (AvgIpc) is 2.87. The molecule has 0 radical (unpaired) electrons. The molecule has 200 valence electrons. The molecule has 38 heavy (non-hydrogen) atoms. The lowest BCUT2D eigenvalue weighted by Gasteiger charge is -2.39. The second-order valence-corrected chi connectivity index (χ2v) is 8.50. The van der Waals surface area contributed by atoms with Crippen LogP contribution in [0.2, 0.25) is 0 Å². The highest BCUT2D eigenvalue weighted by Gasteiger charge is 2.45. The van der Waals surface area contributed by atoms with Crippen LogP contribution in [-0.4, -0.2) is 84.8 Å². The summed E-state index contributed by atoms with van der Waals surface area (Å²) in [5.74, 6) is -4.25. The molecule has 0 aromatic heterocycles. The number of aromatic hydroxyl groups is 4. The summed E-state index contributed by atoms with van der Waals surface area (Å²) in [4.78, 5) is 24.9. The van der Waals surface area contributed by atoms with Gasteiger partial charge in [0.15, 0.2) is 0 Å². The lowest BCUT2D eigenvalue weighted by Crippen LogP contribution is -2.60. The molecule has 3 aromatic carbocycles. The van der Waals surface area contributed by atoms with Crippen LogP contribution in [0, 0.1) is 0 Å². The highest BCUT2D eigenvalue weighted by atomic mass is 16.7. The van der Waals surface area contributed by atoms with Gasteiger partial charge < -0.3 is 50.0 Å². The van der Waals surface area contributed by atoms with E-state index in [4.69, 9.17) is 14.2 Å². The Bertz CT molecular complexity index is 1280. The molecule has 5 atom stereocenters. The summed E-state index contributed by atoms with van der Waals surface area (Å²) in [7, 11) is 0. The first-order valence-corrected chi connectivity index (χ1v) is 11.3. The number of hydrogen-bond acceptors (Lipinski definition) is 12. The molecule has 3 aromatic rings. The number of rotatable bonds is 7. The number of hydrogen-bond donors (Lipinski definition) is 7. The first-order valence-electron chi connectivity index (χ1n) is 11.3. The van der Waals surface area contributed by atoms with Gasteiger partial charge in [-0.3, -0.25) is 4.79 Å². The molecule has 0 spiro atoms. The number of ether oxygens (including phenoxy) is 3. The Labute approximate surface area is 215 Å². The molecular formula is C26H24O12. The van der Waals surface area contributed by atoms with Gasteiger partial charge in [0.25, 0.3) is 0 Å². The van der Waals surface area contributed by atoms with Gasteiger partial charge in [-0.2, -0.15) is 0 Å². The Hall–Kier alpha value is -4.36. The van der Waals surface area contributed by atoms with Gasteiger partial charge in [0, 0.05) is 23.8 Å². The van der Waals surface area contributed by atoms with Crippen molar-refractivity contribution in [3.05, 3.63) is 77.4 Å². The highest BCUT2D eigenvalue weighted by molar-refractivity contribution is 6.12. The van der Waals surface area contributed by atoms with Crippen LogP contribution in [0.15, 0.2) is 60.7 Å². The number of phenols is 4. The summed E-state index contributed by atoms with van der Waals surface area (Å²) < 4.78 is 16.1. The average molecular weight is 528 g/mol. The molecular weight excluding hydrogens is 504 g/mol. The van der Waals surface area contributed by atoms with Crippen LogP contribution in [0.1, 0.15) is 26.3 Å². The van der Waals surface area contributed by atoms with E-state index in [0.29, 0.717) is 0 Å². The fourth-order valence-electron chi connectivity index (χ4n) is 3.86. The van der Waals surface area contributed by atoms with Crippen LogP contribution in [0.5, 0.6) is 28.7 Å². The molecule has 1 heterocycles. The molecule has 1 fully saturated rings. The molecule has 0 saturated carbocycles. The van der Waals surface area contributed by atoms with Gasteiger partial charge in [0.1, 0.15) is 65.3 Å². The third-order valence-electron chi connectivity index (χ3n) is 5.77. The van der Waals surface area contributed by atoms with Crippen molar-refractivity contribution >= 4 is 11.8 Å². The number of phenolic OH excluding ortho intramolecular Hbond substituents is 4. The SMILES string of the molecule is O=C(OCC1OC(Oc2cc(O)c(C(=O)c3cc(O)cc(O)c3)c(O)c2)C(O)C(O)C1O)c1ccccc1. The molecule has 12 heteroatoms. The molecule has 1 aliphatic rings. The number of carbonyl (C=O) groups is 2. The zero-order valence-electron chi connectivity index (χ0n) is 19.5. The van der Waals surface area contributed by atoms with Crippen molar-refractivity contribution in [2.45, 2.75) is 30.7 Å². The Morgan fingerprint density at radius 2 is 1.37 bits per heavy atom. The predicted molar refractivity (Wildman–Crippen MR) is 127 cm³/mol. The molecule has 12 nitrogen and oxygen atoms in total. The minimum atomic E-state index is -1.79. The number of aliphatic hydroxyl groups excluding tert-OH is 3. The summed E-state index contributed by atoms with van der Waals surface area (Å²) in [5, 5.41) is 70.9. The Morgan fingerprint density at radius 1 is 0.763 bits per heavy atom. The van der Waals surface area contributed by atoms with Crippen molar-refractivity contribution in [1.82, 2.24) is 0 Å². The summed E-state index contributed by atoms with van der Waals surface area (Å²) in [5.41, 5.74) is -0.542. The highest BCUT2D eigenvalue weighted by Crippen LogP contribution is 2.36. The Kier molecular flexibility index (Phi) is 7.69. The summed E-state index contributed by atoms with van der Waals surface area (Å²) in [6.45, 7) is -0.501. The van der Waals surface area contributed by atoms with Crippen molar-refractivity contribution in [1.29, 1.82) is 0 Å². The normalized spacial score (nSPS) is 23.0. The predicted octanol–water partition coefficient (Wildman–Crippen LogP) is 0.783. The van der Waals surface area contributed by atoms with E-state index in [1.165, 1.54) is 12.1 Å². The summed E-state index contributed by atoms with van der Waals surface area (Å²) >= 11 is 0. The molecule has 0 amide bonds. The van der Waals surface area contributed by atoms with Gasteiger partial charge in [-0.15, -0.1) is 0 Å². The lowest BCUT2D eigenvalue weighted by molar-refractivity contribution is -0.277. The van der Waals surface area contributed by atoms with E-state index in [0.717, 1.165) is 30.3 Å². The topological polar surface area (TPSA) is 203 Å². The van der Waals surface area contributed by atoms with Crippen molar-refractivity contribution < 1.29 is 59.5 Å². The van der Waals surface area contributed by atoms with E-state index in [-0.39, 0.29) is 16.9 Å². The smallest absolute Gasteiger partial charge is 0.338 e. The summed E-state index contributed by atoms with van der Waals surface area (Å²) in [6, 6.07) is 12.9. The Balaban J connectivity index is 1.49. The van der Waals surface area contributed by atoms with Crippen molar-refractivity contribution in [3.8, 4) is 28.7 Å². The number of benzene rings is 3. The standard InChI is InChI=1S/C26H24O12/c27-14-6-13(7-15(28)8-14)21(31)20-17(29)9-16(10-18(20)30)37-26-24(34)23(33)22(32)19(38-26)11-36-25(35)12-4-2-1-3-5-12/h1-10,19,22-24,26-30,32-34H,11H2. The minimum absolute atomic E-state index is 0.224. The maximum absolute atomic E-state index is 12.7. The van der Waals surface area contributed by atoms with E-state index in [9.17, 15) is 45.3 Å². The molecule has 1 saturated heterocycles. The van der Waals surface area contributed by atoms with Crippen LogP contribution in [0.25, 0.3) is 0 Å². The van der Waals surface area contributed by atoms with Gasteiger partial charge in [-0.05, 0) is 24.3 Å². The Morgan fingerprint density at radius 3 is 1.97 bits per heavy atom. The lowest BCUT2D eigenvalue weighted by atomic mass is 9.99. The molecule has 0 aliphatic carbocycles. The fourth-order valence-corrected chi connectivity index (χ4v) is 3.86. The van der Waals surface area contributed by atoms with Gasteiger partial charge in [-0.25, -0.2) is 4.79 Å². The fraction of sp³-hybridized carbons (Fsp3) is 0.231. The van der Waals surface area contributed by atoms with Crippen molar-refractivity contribution in [2.24, 2.45) is 0 Å². The van der Waals surface area contributed by atoms with Gasteiger partial charge >= 0.3 is 5.97 Å². The van der Waals surface area contributed by atoms with Crippen LogP contribution >= 0.6 is 0 Å². The van der Waals surface area contributed by atoms with Gasteiger partial charge in [0.2, 0.25) is 12.1 Å². The third kappa shape index (κ3) is 5.63. The maximum atomic E-state index is 12.7. The van der Waals surface area contributed by atoms with E-state index in [2.05, 4.69) is 0 Å². The van der Waals surface area contributed by atoms with Crippen molar-refractivity contribution in [2.75, 3.05) is 6.61 Å². The molecule has 5 unspecified atom stereocenters. The molecule has 1 aliphatic heterocycles. The largest absolute Gasteiger partial charge is 0.508 e. The summed E-state index contributed by atoms with van der Waals surface area (Å²) in [6.07, 6.45) is -8.15. The van der Waals surface area contributed by atoms with Crippen LogP contribution in [-0.2, 0) is 9.47 Å². The number of esters is 1. The number of ketones is 1. The van der Waals surface area contributed by atoms with E-state index < -0.39 is 77.6 Å². The van der Waals surface area contributed by atoms with Crippen LogP contribution in [0.3, 0.4) is 0 Å². The van der Waals surface area contributed by atoms with Gasteiger partial charge in [0.05, 0.1) is 5.56 Å². The first-order chi connectivity index (χ1) is 18.0. The van der Waals surface area contributed by atoms with E-state index in [1.54, 1.807) is 18.2 Å². The van der Waals surface area contributed by atoms with Gasteiger partial charge in [-0.1, -0.05) is 18.2 Å². The van der Waals surface area contributed by atoms with Crippen LogP contribution < -0.4 is 4.74 Å². The van der Waals surface area contributed by atoms with Crippen LogP contribution in [0.4, 0.5) is 0 Å². The van der Waals surface area contributed by atoms with E-state index in [1.807, 2.05) is 0 Å². The third-order valence-corrected chi connectivity index (χ3v) is 5.77.